The zero-order chi connectivity index (χ0) is 21.5. The summed E-state index contributed by atoms with van der Waals surface area (Å²) >= 11 is 0. The summed E-state index contributed by atoms with van der Waals surface area (Å²) in [7, 11) is -3.85. The molecule has 30 heavy (non-hydrogen) atoms. The van der Waals surface area contributed by atoms with Crippen LogP contribution in [-0.4, -0.2) is 20.5 Å². The van der Waals surface area contributed by atoms with Crippen molar-refractivity contribution in [1.29, 1.82) is 0 Å². The van der Waals surface area contributed by atoms with Gasteiger partial charge in [0.2, 0.25) is 0 Å². The number of rotatable bonds is 5. The van der Waals surface area contributed by atoms with Crippen molar-refractivity contribution >= 4 is 43.4 Å². The van der Waals surface area contributed by atoms with Gasteiger partial charge in [-0.2, -0.15) is 0 Å². The molecular formula is C23H21NO5S. The van der Waals surface area contributed by atoms with Crippen molar-refractivity contribution < 1.29 is 22.4 Å². The largest absolute Gasteiger partial charge is 0.460 e. The van der Waals surface area contributed by atoms with Crippen molar-refractivity contribution in [3.8, 4) is 0 Å². The number of sulfonamides is 1. The van der Waals surface area contributed by atoms with Crippen molar-refractivity contribution in [2.45, 2.75) is 31.8 Å². The van der Waals surface area contributed by atoms with Gasteiger partial charge in [-0.15, -0.1) is 0 Å². The zero-order valence-electron chi connectivity index (χ0n) is 16.8. The number of benzene rings is 3. The number of fused-ring (bicyclic) bond motifs is 2. The van der Waals surface area contributed by atoms with Gasteiger partial charge in [-0.25, -0.2) is 13.2 Å². The van der Waals surface area contributed by atoms with Gasteiger partial charge in [0.1, 0.15) is 16.9 Å². The lowest BCUT2D eigenvalue weighted by molar-refractivity contribution is 0.0378. The summed E-state index contributed by atoms with van der Waals surface area (Å²) in [6, 6.07) is 17.3. The number of anilines is 1. The second kappa shape index (κ2) is 7.50. The van der Waals surface area contributed by atoms with E-state index in [1.54, 1.807) is 63.2 Å². The van der Waals surface area contributed by atoms with E-state index in [0.717, 1.165) is 5.39 Å². The first-order valence-corrected chi connectivity index (χ1v) is 11.0. The molecule has 154 valence electrons. The Labute approximate surface area is 174 Å². The van der Waals surface area contributed by atoms with Crippen LogP contribution in [0, 0.1) is 6.92 Å². The smallest absolute Gasteiger partial charge is 0.342 e. The van der Waals surface area contributed by atoms with Crippen LogP contribution in [0.1, 0.15) is 30.0 Å². The lowest BCUT2D eigenvalue weighted by Gasteiger charge is -2.11. The number of hydrogen-bond donors (Lipinski definition) is 1. The number of nitrogens with one attached hydrogen (secondary N) is 1. The number of furan rings is 1. The van der Waals surface area contributed by atoms with E-state index in [1.807, 2.05) is 18.2 Å². The van der Waals surface area contributed by atoms with E-state index in [-0.39, 0.29) is 11.0 Å². The molecule has 4 rings (SSSR count). The highest BCUT2D eigenvalue weighted by Gasteiger charge is 2.22. The Morgan fingerprint density at radius 3 is 2.50 bits per heavy atom. The molecule has 3 aromatic carbocycles. The number of carbonyl (C=O) groups excluding carboxylic acids is 1. The molecule has 0 radical (unpaired) electrons. The highest BCUT2D eigenvalue weighted by molar-refractivity contribution is 7.93. The van der Waals surface area contributed by atoms with Crippen LogP contribution in [0.2, 0.25) is 0 Å². The molecule has 0 aliphatic rings. The SMILES string of the molecule is Cc1oc2ccc(NS(=O)(=O)c3cccc4ccccc34)cc2c1C(=O)OC(C)C. The molecule has 1 N–H and O–H groups in total. The quantitative estimate of drug-likeness (QED) is 0.443. The average molecular weight is 423 g/mol. The third-order valence-electron chi connectivity index (χ3n) is 4.70. The Bertz CT molecular complexity index is 1360. The van der Waals surface area contributed by atoms with Gasteiger partial charge >= 0.3 is 5.97 Å². The van der Waals surface area contributed by atoms with Gasteiger partial charge in [0.15, 0.2) is 0 Å². The predicted octanol–water partition coefficient (Wildman–Crippen LogP) is 5.26. The molecular weight excluding hydrogens is 402 g/mol. The lowest BCUT2D eigenvalue weighted by Crippen LogP contribution is -2.14. The third kappa shape index (κ3) is 3.64. The van der Waals surface area contributed by atoms with E-state index in [1.165, 1.54) is 0 Å². The third-order valence-corrected chi connectivity index (χ3v) is 6.14. The van der Waals surface area contributed by atoms with Gasteiger partial charge in [0.05, 0.1) is 11.0 Å². The van der Waals surface area contributed by atoms with Crippen molar-refractivity contribution in [3.63, 3.8) is 0 Å². The topological polar surface area (TPSA) is 85.6 Å². The van der Waals surface area contributed by atoms with Crippen LogP contribution < -0.4 is 4.72 Å². The molecule has 0 aliphatic carbocycles. The fraction of sp³-hybridized carbons (Fsp3) is 0.174. The minimum atomic E-state index is -3.85. The first-order valence-electron chi connectivity index (χ1n) is 9.51. The van der Waals surface area contributed by atoms with E-state index in [9.17, 15) is 13.2 Å². The fourth-order valence-corrected chi connectivity index (χ4v) is 4.73. The molecule has 0 aliphatic heterocycles. The predicted molar refractivity (Wildman–Crippen MR) is 116 cm³/mol. The first kappa shape index (κ1) is 20.0. The van der Waals surface area contributed by atoms with Crippen LogP contribution in [0.3, 0.4) is 0 Å². The lowest BCUT2D eigenvalue weighted by atomic mass is 10.1. The van der Waals surface area contributed by atoms with Crippen molar-refractivity contribution in [2.24, 2.45) is 0 Å². The van der Waals surface area contributed by atoms with Gasteiger partial charge in [-0.3, -0.25) is 4.72 Å². The molecule has 0 unspecified atom stereocenters. The second-order valence-corrected chi connectivity index (χ2v) is 8.93. The summed E-state index contributed by atoms with van der Waals surface area (Å²) in [4.78, 5) is 12.7. The molecule has 6 nitrogen and oxygen atoms in total. The Balaban J connectivity index is 1.76. The Morgan fingerprint density at radius 1 is 1.00 bits per heavy atom. The van der Waals surface area contributed by atoms with Gasteiger partial charge < -0.3 is 9.15 Å². The Hall–Kier alpha value is -3.32. The highest BCUT2D eigenvalue weighted by Crippen LogP contribution is 2.31. The monoisotopic (exact) mass is 423 g/mol. The van der Waals surface area contributed by atoms with E-state index < -0.39 is 16.0 Å². The van der Waals surface area contributed by atoms with E-state index >= 15 is 0 Å². The van der Waals surface area contributed by atoms with Crippen LogP contribution in [0.4, 0.5) is 5.69 Å². The van der Waals surface area contributed by atoms with Gasteiger partial charge in [-0.1, -0.05) is 36.4 Å². The summed E-state index contributed by atoms with van der Waals surface area (Å²) in [6.45, 7) is 5.20. The maximum Gasteiger partial charge on any atom is 0.342 e. The minimum Gasteiger partial charge on any atom is -0.460 e. The minimum absolute atomic E-state index is 0.184. The van der Waals surface area contributed by atoms with Crippen molar-refractivity contribution in [3.05, 3.63) is 72.0 Å². The van der Waals surface area contributed by atoms with E-state index in [2.05, 4.69) is 4.72 Å². The van der Waals surface area contributed by atoms with Gasteiger partial charge in [0.25, 0.3) is 10.0 Å². The molecule has 7 heteroatoms. The average Bonchev–Trinajstić information content (AvgIpc) is 3.01. The van der Waals surface area contributed by atoms with E-state index in [4.69, 9.17) is 9.15 Å². The number of esters is 1. The standard InChI is InChI=1S/C23H21NO5S/c1-14(2)28-23(25)22-15(3)29-20-12-11-17(13-19(20)22)24-30(26,27)21-10-6-8-16-7-4-5-9-18(16)21/h4-14,24H,1-3H3. The summed E-state index contributed by atoms with van der Waals surface area (Å²) < 4.78 is 39.8. The van der Waals surface area contributed by atoms with Crippen molar-refractivity contribution in [2.75, 3.05) is 4.72 Å². The molecule has 1 aromatic heterocycles. The van der Waals surface area contributed by atoms with Gasteiger partial charge in [-0.05, 0) is 50.4 Å². The molecule has 4 aromatic rings. The normalized spacial score (nSPS) is 11.9. The van der Waals surface area contributed by atoms with Crippen LogP contribution in [0.15, 0.2) is 70.0 Å². The van der Waals surface area contributed by atoms with Crippen molar-refractivity contribution in [1.82, 2.24) is 0 Å². The highest BCUT2D eigenvalue weighted by atomic mass is 32.2. The molecule has 0 amide bonds. The zero-order valence-corrected chi connectivity index (χ0v) is 17.6. The molecule has 0 atom stereocenters. The summed E-state index contributed by atoms with van der Waals surface area (Å²) in [5, 5.41) is 1.96. The van der Waals surface area contributed by atoms with Crippen LogP contribution in [0.5, 0.6) is 0 Å². The number of aryl methyl sites for hydroxylation is 1. The number of carbonyl (C=O) groups is 1. The molecule has 0 fully saturated rings. The summed E-state index contributed by atoms with van der Waals surface area (Å²) in [6.07, 6.45) is -0.283. The van der Waals surface area contributed by atoms with E-state index in [0.29, 0.717) is 33.4 Å². The Morgan fingerprint density at radius 2 is 1.73 bits per heavy atom. The maximum absolute atomic E-state index is 13.1. The van der Waals surface area contributed by atoms with Gasteiger partial charge in [0, 0.05) is 16.5 Å². The number of hydrogen-bond acceptors (Lipinski definition) is 5. The second-order valence-electron chi connectivity index (χ2n) is 7.28. The summed E-state index contributed by atoms with van der Waals surface area (Å²) in [5.74, 6) is -0.0833. The maximum atomic E-state index is 13.1. The molecule has 1 heterocycles. The Kier molecular flexibility index (Phi) is 4.99. The fourth-order valence-electron chi connectivity index (χ4n) is 3.45. The molecule has 0 bridgehead atoms. The van der Waals surface area contributed by atoms with Crippen LogP contribution in [-0.2, 0) is 14.8 Å². The van der Waals surface area contributed by atoms with Crippen LogP contribution in [0.25, 0.3) is 21.7 Å². The molecule has 0 spiro atoms. The molecule has 0 saturated heterocycles. The first-order chi connectivity index (χ1) is 14.3. The summed E-state index contributed by atoms with van der Waals surface area (Å²) in [5.41, 5.74) is 1.11. The number of ether oxygens (including phenoxy) is 1. The molecule has 0 saturated carbocycles. The van der Waals surface area contributed by atoms with Crippen LogP contribution >= 0.6 is 0 Å².